The van der Waals surface area contributed by atoms with Crippen molar-refractivity contribution in [3.05, 3.63) is 22.5 Å². The summed E-state index contributed by atoms with van der Waals surface area (Å²) in [6.07, 6.45) is 3.08. The van der Waals surface area contributed by atoms with Crippen molar-refractivity contribution in [1.82, 2.24) is 14.7 Å². The van der Waals surface area contributed by atoms with Crippen molar-refractivity contribution < 1.29 is 10.0 Å². The number of nitrogens with zero attached hydrogens (tertiary/aromatic N) is 4. The average molecular weight is 242 g/mol. The molecule has 0 saturated carbocycles. The Morgan fingerprint density at radius 3 is 2.88 bits per heavy atom. The Morgan fingerprint density at radius 1 is 1.65 bits per heavy atom. The quantitative estimate of drug-likeness (QED) is 0.555. The lowest BCUT2D eigenvalue weighted by Crippen LogP contribution is -2.26. The Bertz CT molecular complexity index is 364. The molecule has 1 atom stereocenters. The minimum atomic E-state index is -0.458. The van der Waals surface area contributed by atoms with Crippen LogP contribution >= 0.6 is 0 Å². The molecular formula is C10H18N4O3. The monoisotopic (exact) mass is 242 g/mol. The van der Waals surface area contributed by atoms with Gasteiger partial charge in [-0.25, -0.2) is 0 Å². The molecule has 0 bridgehead atoms. The molecule has 0 aliphatic rings. The Balaban J connectivity index is 2.31. The standard InChI is InChI=1S/C10H18N4O3/c1-9(15)3-4-12(2)5-6-13-8-10(7-11-13)14(16)17/h7-9,15H,3-6H2,1-2H3. The van der Waals surface area contributed by atoms with Gasteiger partial charge in [0.2, 0.25) is 0 Å². The van der Waals surface area contributed by atoms with E-state index in [0.717, 1.165) is 19.5 Å². The molecule has 1 aromatic heterocycles. The fraction of sp³-hybridized carbons (Fsp3) is 0.700. The van der Waals surface area contributed by atoms with Crippen molar-refractivity contribution in [3.8, 4) is 0 Å². The highest BCUT2D eigenvalue weighted by molar-refractivity contribution is 5.20. The molecule has 0 spiro atoms. The van der Waals surface area contributed by atoms with Crippen molar-refractivity contribution in [1.29, 1.82) is 0 Å². The van der Waals surface area contributed by atoms with E-state index in [4.69, 9.17) is 5.11 Å². The predicted octanol–water partition coefficient (Wildman–Crippen LogP) is 0.494. The van der Waals surface area contributed by atoms with E-state index >= 15 is 0 Å². The van der Waals surface area contributed by atoms with Gasteiger partial charge in [-0.15, -0.1) is 0 Å². The van der Waals surface area contributed by atoms with Gasteiger partial charge in [0, 0.05) is 13.1 Å². The van der Waals surface area contributed by atoms with Gasteiger partial charge in [0.05, 0.1) is 17.6 Å². The van der Waals surface area contributed by atoms with Crippen molar-refractivity contribution in [2.75, 3.05) is 20.1 Å². The summed E-state index contributed by atoms with van der Waals surface area (Å²) in [6.45, 7) is 3.89. The summed E-state index contributed by atoms with van der Waals surface area (Å²) < 4.78 is 1.55. The summed E-state index contributed by atoms with van der Waals surface area (Å²) in [5, 5.41) is 23.5. The molecule has 0 radical (unpaired) electrons. The van der Waals surface area contributed by atoms with Crippen LogP contribution in [0.2, 0.25) is 0 Å². The van der Waals surface area contributed by atoms with Crippen LogP contribution < -0.4 is 0 Å². The molecule has 1 rings (SSSR count). The maximum Gasteiger partial charge on any atom is 0.306 e. The fourth-order valence-corrected chi connectivity index (χ4v) is 1.36. The Hall–Kier alpha value is -1.47. The number of nitro groups is 1. The lowest BCUT2D eigenvalue weighted by Gasteiger charge is -2.17. The minimum Gasteiger partial charge on any atom is -0.393 e. The van der Waals surface area contributed by atoms with Gasteiger partial charge in [0.15, 0.2) is 0 Å². The third-order valence-electron chi connectivity index (χ3n) is 2.47. The third kappa shape index (κ3) is 4.92. The highest BCUT2D eigenvalue weighted by Gasteiger charge is 2.09. The molecule has 17 heavy (non-hydrogen) atoms. The van der Waals surface area contributed by atoms with Gasteiger partial charge in [0.25, 0.3) is 0 Å². The topological polar surface area (TPSA) is 84.4 Å². The summed E-state index contributed by atoms with van der Waals surface area (Å²) in [6, 6.07) is 0. The van der Waals surface area contributed by atoms with Crippen LogP contribution in [0.1, 0.15) is 13.3 Å². The number of aromatic nitrogens is 2. The lowest BCUT2D eigenvalue weighted by atomic mass is 10.3. The number of aliphatic hydroxyl groups excluding tert-OH is 1. The van der Waals surface area contributed by atoms with E-state index in [-0.39, 0.29) is 11.8 Å². The maximum absolute atomic E-state index is 10.4. The van der Waals surface area contributed by atoms with Gasteiger partial charge < -0.3 is 10.0 Å². The Morgan fingerprint density at radius 2 is 2.35 bits per heavy atom. The average Bonchev–Trinajstić information content (AvgIpc) is 2.72. The van der Waals surface area contributed by atoms with E-state index in [2.05, 4.69) is 10.00 Å². The largest absolute Gasteiger partial charge is 0.393 e. The molecule has 1 unspecified atom stereocenters. The Labute approximate surface area is 99.8 Å². The van der Waals surface area contributed by atoms with Gasteiger partial charge in [-0.05, 0) is 20.4 Å². The zero-order valence-electron chi connectivity index (χ0n) is 10.1. The molecule has 1 heterocycles. The maximum atomic E-state index is 10.4. The second kappa shape index (κ2) is 6.31. The zero-order valence-corrected chi connectivity index (χ0v) is 10.1. The molecular weight excluding hydrogens is 224 g/mol. The SMILES string of the molecule is CC(O)CCN(C)CCn1cc([N+](=O)[O-])cn1. The first-order chi connectivity index (χ1) is 7.99. The summed E-state index contributed by atoms with van der Waals surface area (Å²) in [4.78, 5) is 12.0. The molecule has 7 heteroatoms. The number of aliphatic hydroxyl groups is 1. The third-order valence-corrected chi connectivity index (χ3v) is 2.47. The van der Waals surface area contributed by atoms with Crippen LogP contribution in [0.4, 0.5) is 5.69 Å². The van der Waals surface area contributed by atoms with Crippen LogP contribution in [0.5, 0.6) is 0 Å². The second-order valence-corrected chi connectivity index (χ2v) is 4.16. The van der Waals surface area contributed by atoms with Crippen LogP contribution in [0.3, 0.4) is 0 Å². The van der Waals surface area contributed by atoms with E-state index < -0.39 is 4.92 Å². The van der Waals surface area contributed by atoms with Gasteiger partial charge >= 0.3 is 5.69 Å². The van der Waals surface area contributed by atoms with E-state index in [0.29, 0.717) is 6.54 Å². The molecule has 0 aliphatic carbocycles. The zero-order chi connectivity index (χ0) is 12.8. The fourth-order valence-electron chi connectivity index (χ4n) is 1.36. The van der Waals surface area contributed by atoms with Crippen molar-refractivity contribution in [3.63, 3.8) is 0 Å². The van der Waals surface area contributed by atoms with Crippen LogP contribution in [0.15, 0.2) is 12.4 Å². The molecule has 96 valence electrons. The number of hydrogen-bond donors (Lipinski definition) is 1. The first-order valence-electron chi connectivity index (χ1n) is 5.52. The molecule has 0 amide bonds. The number of likely N-dealkylation sites (N-methyl/N-ethyl adjacent to an activating group) is 1. The molecule has 0 fully saturated rings. The molecule has 0 aromatic carbocycles. The summed E-state index contributed by atoms with van der Waals surface area (Å²) in [5.74, 6) is 0. The van der Waals surface area contributed by atoms with E-state index in [1.807, 2.05) is 7.05 Å². The highest BCUT2D eigenvalue weighted by atomic mass is 16.6. The smallest absolute Gasteiger partial charge is 0.306 e. The number of hydrogen-bond acceptors (Lipinski definition) is 5. The Kier molecular flexibility index (Phi) is 5.05. The van der Waals surface area contributed by atoms with E-state index in [9.17, 15) is 10.1 Å². The van der Waals surface area contributed by atoms with Crippen molar-refractivity contribution in [2.45, 2.75) is 26.0 Å². The summed E-state index contributed by atoms with van der Waals surface area (Å²) in [7, 11) is 1.94. The predicted molar refractivity (Wildman–Crippen MR) is 62.7 cm³/mol. The van der Waals surface area contributed by atoms with Gasteiger partial charge in [-0.1, -0.05) is 0 Å². The van der Waals surface area contributed by atoms with Crippen LogP contribution in [0.25, 0.3) is 0 Å². The van der Waals surface area contributed by atoms with Crippen LogP contribution in [0, 0.1) is 10.1 Å². The summed E-state index contributed by atoms with van der Waals surface area (Å²) >= 11 is 0. The second-order valence-electron chi connectivity index (χ2n) is 4.16. The van der Waals surface area contributed by atoms with Crippen LogP contribution in [-0.2, 0) is 6.54 Å². The van der Waals surface area contributed by atoms with Crippen molar-refractivity contribution >= 4 is 5.69 Å². The normalized spacial score (nSPS) is 12.9. The van der Waals surface area contributed by atoms with Crippen LogP contribution in [-0.4, -0.2) is 51.0 Å². The minimum absolute atomic E-state index is 0.0108. The van der Waals surface area contributed by atoms with E-state index in [1.54, 1.807) is 11.6 Å². The molecule has 0 saturated heterocycles. The lowest BCUT2D eigenvalue weighted by molar-refractivity contribution is -0.385. The van der Waals surface area contributed by atoms with Gasteiger partial charge in [0.1, 0.15) is 12.4 Å². The molecule has 1 aromatic rings. The first-order valence-corrected chi connectivity index (χ1v) is 5.52. The first kappa shape index (κ1) is 13.6. The van der Waals surface area contributed by atoms with E-state index in [1.165, 1.54) is 12.4 Å². The van der Waals surface area contributed by atoms with Gasteiger partial charge in [-0.3, -0.25) is 14.8 Å². The molecule has 0 aliphatic heterocycles. The van der Waals surface area contributed by atoms with Gasteiger partial charge in [-0.2, -0.15) is 5.10 Å². The van der Waals surface area contributed by atoms with Crippen molar-refractivity contribution in [2.24, 2.45) is 0 Å². The number of rotatable bonds is 7. The summed E-state index contributed by atoms with van der Waals surface area (Å²) in [5.41, 5.74) is 0.0108. The highest BCUT2D eigenvalue weighted by Crippen LogP contribution is 2.07. The molecule has 7 nitrogen and oxygen atoms in total. The molecule has 1 N–H and O–H groups in total.